The molecule has 0 heterocycles. The van der Waals surface area contributed by atoms with Crippen LogP contribution in [0, 0.1) is 6.92 Å². The number of hydrogen-bond acceptors (Lipinski definition) is 3. The van der Waals surface area contributed by atoms with Crippen molar-refractivity contribution in [3.63, 3.8) is 0 Å². The summed E-state index contributed by atoms with van der Waals surface area (Å²) >= 11 is 5.95. The smallest absolute Gasteiger partial charge is 0.242 e. The maximum Gasteiger partial charge on any atom is 0.242 e. The average Bonchev–Trinajstić information content (AvgIpc) is 2.64. The number of sulfonamides is 1. The minimum atomic E-state index is -3.84. The van der Waals surface area contributed by atoms with Crippen molar-refractivity contribution in [1.82, 2.24) is 4.72 Å². The van der Waals surface area contributed by atoms with E-state index < -0.39 is 22.0 Å². The Morgan fingerprint density at radius 1 is 1.00 bits per heavy atom. The van der Waals surface area contributed by atoms with Crippen molar-refractivity contribution in [1.29, 1.82) is 0 Å². The lowest BCUT2D eigenvalue weighted by Gasteiger charge is -2.16. The molecule has 0 bridgehead atoms. The Morgan fingerprint density at radius 2 is 1.70 bits per heavy atom. The third-order valence-corrected chi connectivity index (χ3v) is 5.99. The standard InChI is InChI=1S/C20H19ClN2O3S/c1-13-7-9-17(21)12-19(13)22-20(24)14(2)23-27(25,26)18-10-8-15-5-3-4-6-16(15)11-18/h3-12,14,23H,1-2H3,(H,22,24)/t14-/m1/s1. The zero-order valence-corrected chi connectivity index (χ0v) is 16.4. The second-order valence-corrected chi connectivity index (χ2v) is 8.45. The van der Waals surface area contributed by atoms with Gasteiger partial charge in [-0.05, 0) is 54.4 Å². The first kappa shape index (κ1) is 19.4. The number of anilines is 1. The molecular formula is C20H19ClN2O3S. The highest BCUT2D eigenvalue weighted by Crippen LogP contribution is 2.21. The summed E-state index contributed by atoms with van der Waals surface area (Å²) in [5, 5.41) is 4.95. The molecule has 0 aromatic heterocycles. The Labute approximate surface area is 163 Å². The van der Waals surface area contributed by atoms with Crippen LogP contribution in [0.25, 0.3) is 10.8 Å². The van der Waals surface area contributed by atoms with Crippen LogP contribution in [0.3, 0.4) is 0 Å². The molecule has 0 unspecified atom stereocenters. The van der Waals surface area contributed by atoms with Gasteiger partial charge in [0.2, 0.25) is 15.9 Å². The highest BCUT2D eigenvalue weighted by Gasteiger charge is 2.22. The summed E-state index contributed by atoms with van der Waals surface area (Å²) in [6.45, 7) is 3.32. The van der Waals surface area contributed by atoms with Crippen LogP contribution in [0.15, 0.2) is 65.6 Å². The summed E-state index contributed by atoms with van der Waals surface area (Å²) in [4.78, 5) is 12.5. The van der Waals surface area contributed by atoms with Crippen LogP contribution in [0.4, 0.5) is 5.69 Å². The Balaban J connectivity index is 1.77. The minimum Gasteiger partial charge on any atom is -0.324 e. The van der Waals surface area contributed by atoms with E-state index in [9.17, 15) is 13.2 Å². The first-order chi connectivity index (χ1) is 12.8. The quantitative estimate of drug-likeness (QED) is 0.674. The van der Waals surface area contributed by atoms with Crippen molar-refractivity contribution in [2.24, 2.45) is 0 Å². The van der Waals surface area contributed by atoms with Crippen molar-refractivity contribution in [3.8, 4) is 0 Å². The molecule has 2 N–H and O–H groups in total. The monoisotopic (exact) mass is 402 g/mol. The van der Waals surface area contributed by atoms with Crippen LogP contribution in [-0.4, -0.2) is 20.4 Å². The van der Waals surface area contributed by atoms with Crippen LogP contribution in [0.1, 0.15) is 12.5 Å². The third kappa shape index (κ3) is 4.47. The van der Waals surface area contributed by atoms with Crippen molar-refractivity contribution >= 4 is 44.0 Å². The fraction of sp³-hybridized carbons (Fsp3) is 0.150. The maximum atomic E-state index is 12.7. The van der Waals surface area contributed by atoms with Gasteiger partial charge in [0.05, 0.1) is 10.9 Å². The summed E-state index contributed by atoms with van der Waals surface area (Å²) in [5.41, 5.74) is 1.38. The van der Waals surface area contributed by atoms with Crippen LogP contribution in [-0.2, 0) is 14.8 Å². The Bertz CT molecular complexity index is 1110. The number of nitrogens with one attached hydrogen (secondary N) is 2. The maximum absolute atomic E-state index is 12.7. The predicted molar refractivity (Wildman–Crippen MR) is 109 cm³/mol. The first-order valence-corrected chi connectivity index (χ1v) is 10.2. The summed E-state index contributed by atoms with van der Waals surface area (Å²) in [6, 6.07) is 16.5. The molecule has 3 rings (SSSR count). The van der Waals surface area contributed by atoms with Gasteiger partial charge in [0.25, 0.3) is 0 Å². The van der Waals surface area contributed by atoms with Crippen molar-refractivity contribution in [3.05, 3.63) is 71.2 Å². The van der Waals surface area contributed by atoms with E-state index in [1.165, 1.54) is 13.0 Å². The van der Waals surface area contributed by atoms with Gasteiger partial charge in [-0.3, -0.25) is 4.79 Å². The number of hydrogen-bond donors (Lipinski definition) is 2. The lowest BCUT2D eigenvalue weighted by Crippen LogP contribution is -2.41. The fourth-order valence-electron chi connectivity index (χ4n) is 2.66. The molecule has 27 heavy (non-hydrogen) atoms. The van der Waals surface area contributed by atoms with Crippen molar-refractivity contribution < 1.29 is 13.2 Å². The molecule has 0 radical (unpaired) electrons. The molecule has 1 amide bonds. The summed E-state index contributed by atoms with van der Waals surface area (Å²) in [7, 11) is -3.84. The molecule has 1 atom stereocenters. The van der Waals surface area contributed by atoms with E-state index in [-0.39, 0.29) is 4.90 Å². The van der Waals surface area contributed by atoms with E-state index in [0.29, 0.717) is 10.7 Å². The van der Waals surface area contributed by atoms with Gasteiger partial charge in [0.15, 0.2) is 0 Å². The van der Waals surface area contributed by atoms with Gasteiger partial charge in [0.1, 0.15) is 0 Å². The number of carbonyl (C=O) groups excluding carboxylic acids is 1. The van der Waals surface area contributed by atoms with Crippen molar-refractivity contribution in [2.45, 2.75) is 24.8 Å². The number of rotatable bonds is 5. The molecule has 3 aromatic carbocycles. The van der Waals surface area contributed by atoms with E-state index in [1.54, 1.807) is 30.3 Å². The number of aryl methyl sites for hydroxylation is 1. The average molecular weight is 403 g/mol. The van der Waals surface area contributed by atoms with Gasteiger partial charge < -0.3 is 5.32 Å². The van der Waals surface area contributed by atoms with E-state index in [0.717, 1.165) is 16.3 Å². The normalized spacial score (nSPS) is 12.7. The lowest BCUT2D eigenvalue weighted by molar-refractivity contribution is -0.117. The van der Waals surface area contributed by atoms with E-state index in [1.807, 2.05) is 31.2 Å². The van der Waals surface area contributed by atoms with Gasteiger partial charge in [-0.1, -0.05) is 48.0 Å². The molecule has 0 fully saturated rings. The molecule has 0 aliphatic heterocycles. The molecule has 3 aromatic rings. The lowest BCUT2D eigenvalue weighted by atomic mass is 10.1. The summed E-state index contributed by atoms with van der Waals surface area (Å²) in [6.07, 6.45) is 0. The zero-order valence-electron chi connectivity index (χ0n) is 14.9. The number of benzene rings is 3. The van der Waals surface area contributed by atoms with E-state index >= 15 is 0 Å². The molecule has 140 valence electrons. The molecule has 5 nitrogen and oxygen atoms in total. The molecule has 0 aliphatic carbocycles. The Morgan fingerprint density at radius 3 is 2.44 bits per heavy atom. The highest BCUT2D eigenvalue weighted by atomic mass is 35.5. The highest BCUT2D eigenvalue weighted by molar-refractivity contribution is 7.89. The van der Waals surface area contributed by atoms with Gasteiger partial charge in [-0.15, -0.1) is 0 Å². The SMILES string of the molecule is Cc1ccc(Cl)cc1NC(=O)[C@@H](C)NS(=O)(=O)c1ccc2ccccc2c1. The molecule has 0 spiro atoms. The second kappa shape index (κ2) is 7.68. The number of fused-ring (bicyclic) bond motifs is 1. The molecular weight excluding hydrogens is 384 g/mol. The predicted octanol–water partition coefficient (Wildman–Crippen LogP) is 4.11. The van der Waals surface area contributed by atoms with E-state index in [2.05, 4.69) is 10.0 Å². The number of amides is 1. The summed E-state index contributed by atoms with van der Waals surface area (Å²) < 4.78 is 27.7. The molecule has 7 heteroatoms. The Kier molecular flexibility index (Phi) is 5.51. The van der Waals surface area contributed by atoms with Crippen molar-refractivity contribution in [2.75, 3.05) is 5.32 Å². The van der Waals surface area contributed by atoms with Gasteiger partial charge in [0, 0.05) is 10.7 Å². The first-order valence-electron chi connectivity index (χ1n) is 8.34. The zero-order chi connectivity index (χ0) is 19.6. The second-order valence-electron chi connectivity index (χ2n) is 6.30. The van der Waals surface area contributed by atoms with Crippen LogP contribution in [0.2, 0.25) is 5.02 Å². The molecule has 0 aliphatic rings. The minimum absolute atomic E-state index is 0.111. The van der Waals surface area contributed by atoms with Gasteiger partial charge >= 0.3 is 0 Å². The van der Waals surface area contributed by atoms with Crippen LogP contribution >= 0.6 is 11.6 Å². The van der Waals surface area contributed by atoms with Crippen LogP contribution < -0.4 is 10.0 Å². The number of halogens is 1. The summed E-state index contributed by atoms with van der Waals surface area (Å²) in [5.74, 6) is -0.468. The van der Waals surface area contributed by atoms with Gasteiger partial charge in [-0.2, -0.15) is 4.72 Å². The molecule has 0 saturated carbocycles. The molecule has 0 saturated heterocycles. The Hall–Kier alpha value is -2.41. The third-order valence-electron chi connectivity index (χ3n) is 4.21. The van der Waals surface area contributed by atoms with Crippen LogP contribution in [0.5, 0.6) is 0 Å². The fourth-order valence-corrected chi connectivity index (χ4v) is 4.07. The van der Waals surface area contributed by atoms with E-state index in [4.69, 9.17) is 11.6 Å². The van der Waals surface area contributed by atoms with Gasteiger partial charge in [-0.25, -0.2) is 8.42 Å². The number of carbonyl (C=O) groups is 1. The topological polar surface area (TPSA) is 75.3 Å². The largest absolute Gasteiger partial charge is 0.324 e.